The second-order valence-corrected chi connectivity index (χ2v) is 8.57. The van der Waals surface area contributed by atoms with Crippen molar-refractivity contribution in [1.29, 1.82) is 0 Å². The first-order valence-electron chi connectivity index (χ1n) is 9.47. The summed E-state index contributed by atoms with van der Waals surface area (Å²) >= 11 is 2.24. The molecule has 0 aliphatic carbocycles. The van der Waals surface area contributed by atoms with E-state index in [0.29, 0.717) is 17.5 Å². The molecule has 144 valence electrons. The molecule has 1 aliphatic rings. The molecule has 3 rings (SSSR count). The smallest absolute Gasteiger partial charge is 0.255 e. The van der Waals surface area contributed by atoms with Gasteiger partial charge in [0.15, 0.2) is 0 Å². The number of nitrogens with one attached hydrogen (secondary N) is 1. The number of ether oxygens (including phenoxy) is 1. The third kappa shape index (κ3) is 5.02. The second-order valence-electron chi connectivity index (χ2n) is 7.32. The Morgan fingerprint density at radius 2 is 1.81 bits per heavy atom. The molecule has 5 heteroatoms. The quantitative estimate of drug-likeness (QED) is 0.606. The minimum atomic E-state index is -0.0860. The van der Waals surface area contributed by atoms with Crippen LogP contribution in [0.3, 0.4) is 0 Å². The van der Waals surface area contributed by atoms with Crippen LogP contribution in [0.1, 0.15) is 48.5 Å². The Hall–Kier alpha value is -1.60. The number of anilines is 1. The highest BCUT2D eigenvalue weighted by Crippen LogP contribution is 2.36. The number of halogens is 1. The molecule has 0 bridgehead atoms. The molecule has 1 fully saturated rings. The summed E-state index contributed by atoms with van der Waals surface area (Å²) in [4.78, 5) is 15.1. The first-order chi connectivity index (χ1) is 13.0. The predicted molar refractivity (Wildman–Crippen MR) is 119 cm³/mol. The number of piperidine rings is 1. The van der Waals surface area contributed by atoms with E-state index in [4.69, 9.17) is 4.74 Å². The van der Waals surface area contributed by atoms with E-state index in [1.807, 2.05) is 36.4 Å². The molecule has 1 heterocycles. The summed E-state index contributed by atoms with van der Waals surface area (Å²) in [6.07, 6.45) is 2.23. The molecule has 4 nitrogen and oxygen atoms in total. The molecule has 0 spiro atoms. The molecule has 2 aromatic carbocycles. The lowest BCUT2D eigenvalue weighted by molar-refractivity contribution is 0.102. The standard InChI is InChI=1S/C22H27IN2O2/c1-15(2)25-12-10-16(11-13-25)20-14-19(8-9-21(20)27-3)24-22(26)17-4-6-18(23)7-5-17/h4-9,14-16H,10-13H2,1-3H3,(H,24,26). The number of hydrogen-bond donors (Lipinski definition) is 1. The lowest BCUT2D eigenvalue weighted by Gasteiger charge is -2.35. The van der Waals surface area contributed by atoms with Crippen molar-refractivity contribution in [3.8, 4) is 5.75 Å². The molecule has 0 saturated carbocycles. The maximum absolute atomic E-state index is 12.5. The molecule has 0 atom stereocenters. The van der Waals surface area contributed by atoms with E-state index in [1.165, 1.54) is 5.56 Å². The number of nitrogens with zero attached hydrogens (tertiary/aromatic N) is 1. The van der Waals surface area contributed by atoms with Crippen molar-refractivity contribution in [2.75, 3.05) is 25.5 Å². The molecule has 0 radical (unpaired) electrons. The van der Waals surface area contributed by atoms with Crippen LogP contribution >= 0.6 is 22.6 Å². The Morgan fingerprint density at radius 3 is 2.41 bits per heavy atom. The summed E-state index contributed by atoms with van der Waals surface area (Å²) in [5.74, 6) is 1.28. The van der Waals surface area contributed by atoms with Crippen LogP contribution in [-0.2, 0) is 0 Å². The maximum atomic E-state index is 12.5. The van der Waals surface area contributed by atoms with Crippen molar-refractivity contribution in [1.82, 2.24) is 4.90 Å². The number of amides is 1. The van der Waals surface area contributed by atoms with Crippen molar-refractivity contribution in [2.24, 2.45) is 0 Å². The van der Waals surface area contributed by atoms with Crippen molar-refractivity contribution in [3.05, 3.63) is 57.2 Å². The Kier molecular flexibility index (Phi) is 6.76. The number of rotatable bonds is 5. The Balaban J connectivity index is 1.75. The number of carbonyl (C=O) groups is 1. The summed E-state index contributed by atoms with van der Waals surface area (Å²) in [7, 11) is 1.71. The third-order valence-corrected chi connectivity index (χ3v) is 6.01. The Morgan fingerprint density at radius 1 is 1.15 bits per heavy atom. The first kappa shape index (κ1) is 20.1. The van der Waals surface area contributed by atoms with Gasteiger partial charge in [0.05, 0.1) is 7.11 Å². The highest BCUT2D eigenvalue weighted by molar-refractivity contribution is 14.1. The normalized spacial score (nSPS) is 15.7. The van der Waals surface area contributed by atoms with Crippen molar-refractivity contribution in [2.45, 2.75) is 38.6 Å². The molecule has 1 saturated heterocycles. The van der Waals surface area contributed by atoms with Crippen LogP contribution in [0.25, 0.3) is 0 Å². The fourth-order valence-electron chi connectivity index (χ4n) is 3.66. The van der Waals surface area contributed by atoms with E-state index in [1.54, 1.807) is 7.11 Å². The molecule has 1 aliphatic heterocycles. The minimum absolute atomic E-state index is 0.0860. The van der Waals surface area contributed by atoms with Crippen LogP contribution in [0.5, 0.6) is 5.75 Å². The SMILES string of the molecule is COc1ccc(NC(=O)c2ccc(I)cc2)cc1C1CCN(C(C)C)CC1. The molecular formula is C22H27IN2O2. The molecular weight excluding hydrogens is 451 g/mol. The average molecular weight is 478 g/mol. The van der Waals surface area contributed by atoms with E-state index >= 15 is 0 Å². The van der Waals surface area contributed by atoms with Crippen LogP contribution < -0.4 is 10.1 Å². The molecule has 0 unspecified atom stereocenters. The van der Waals surface area contributed by atoms with E-state index in [9.17, 15) is 4.79 Å². The lowest BCUT2D eigenvalue weighted by Crippen LogP contribution is -2.37. The second kappa shape index (κ2) is 9.06. The molecule has 27 heavy (non-hydrogen) atoms. The van der Waals surface area contributed by atoms with Crippen molar-refractivity contribution in [3.63, 3.8) is 0 Å². The monoisotopic (exact) mass is 478 g/mol. The van der Waals surface area contributed by atoms with Gasteiger partial charge in [-0.15, -0.1) is 0 Å². The van der Waals surface area contributed by atoms with Gasteiger partial charge in [0, 0.05) is 20.9 Å². The van der Waals surface area contributed by atoms with E-state index in [2.05, 4.69) is 52.7 Å². The molecule has 2 aromatic rings. The molecule has 0 aromatic heterocycles. The van der Waals surface area contributed by atoms with Gasteiger partial charge in [-0.05, 0) is 116 Å². The van der Waals surface area contributed by atoms with Crippen molar-refractivity contribution < 1.29 is 9.53 Å². The van der Waals surface area contributed by atoms with Crippen molar-refractivity contribution >= 4 is 34.2 Å². The Bertz CT molecular complexity index is 781. The van der Waals surface area contributed by atoms with Gasteiger partial charge in [-0.25, -0.2) is 0 Å². The number of methoxy groups -OCH3 is 1. The Labute approximate surface area is 175 Å². The zero-order chi connectivity index (χ0) is 19.4. The number of hydrogen-bond acceptors (Lipinski definition) is 3. The van der Waals surface area contributed by atoms with Gasteiger partial charge in [-0.1, -0.05) is 0 Å². The van der Waals surface area contributed by atoms with E-state index < -0.39 is 0 Å². The van der Waals surface area contributed by atoms with Crippen LogP contribution in [0.4, 0.5) is 5.69 Å². The highest BCUT2D eigenvalue weighted by atomic mass is 127. The maximum Gasteiger partial charge on any atom is 0.255 e. The van der Waals surface area contributed by atoms with Gasteiger partial charge < -0.3 is 15.0 Å². The molecule has 1 amide bonds. The van der Waals surface area contributed by atoms with Gasteiger partial charge in [0.1, 0.15) is 5.75 Å². The molecule has 1 N–H and O–H groups in total. The van der Waals surface area contributed by atoms with Crippen LogP contribution in [0, 0.1) is 3.57 Å². The topological polar surface area (TPSA) is 41.6 Å². The van der Waals surface area contributed by atoms with E-state index in [0.717, 1.165) is 40.9 Å². The number of benzene rings is 2. The fraction of sp³-hybridized carbons (Fsp3) is 0.409. The van der Waals surface area contributed by atoms with Gasteiger partial charge in [0.25, 0.3) is 5.91 Å². The van der Waals surface area contributed by atoms with E-state index in [-0.39, 0.29) is 5.91 Å². The minimum Gasteiger partial charge on any atom is -0.496 e. The average Bonchev–Trinajstić information content (AvgIpc) is 2.68. The fourth-order valence-corrected chi connectivity index (χ4v) is 4.02. The predicted octanol–water partition coefficient (Wildman–Crippen LogP) is 5.14. The van der Waals surface area contributed by atoms with Crippen LogP contribution in [0.2, 0.25) is 0 Å². The summed E-state index contributed by atoms with van der Waals surface area (Å²) in [5, 5.41) is 3.03. The lowest BCUT2D eigenvalue weighted by atomic mass is 9.88. The summed E-state index contributed by atoms with van der Waals surface area (Å²) in [6.45, 7) is 6.71. The summed E-state index contributed by atoms with van der Waals surface area (Å²) in [5.41, 5.74) is 2.68. The number of carbonyl (C=O) groups excluding carboxylic acids is 1. The first-order valence-corrected chi connectivity index (χ1v) is 10.5. The zero-order valence-corrected chi connectivity index (χ0v) is 18.3. The van der Waals surface area contributed by atoms with Gasteiger partial charge in [-0.2, -0.15) is 0 Å². The van der Waals surface area contributed by atoms with Crippen LogP contribution in [-0.4, -0.2) is 37.0 Å². The summed E-state index contributed by atoms with van der Waals surface area (Å²) < 4.78 is 6.72. The third-order valence-electron chi connectivity index (χ3n) is 5.29. The summed E-state index contributed by atoms with van der Waals surface area (Å²) in [6, 6.07) is 14.1. The van der Waals surface area contributed by atoms with Crippen LogP contribution in [0.15, 0.2) is 42.5 Å². The number of likely N-dealkylation sites (tertiary alicyclic amines) is 1. The largest absolute Gasteiger partial charge is 0.496 e. The van der Waals surface area contributed by atoms with Gasteiger partial charge in [-0.3, -0.25) is 4.79 Å². The highest BCUT2D eigenvalue weighted by Gasteiger charge is 2.24. The van der Waals surface area contributed by atoms with Gasteiger partial charge >= 0.3 is 0 Å². The van der Waals surface area contributed by atoms with Gasteiger partial charge in [0.2, 0.25) is 0 Å². The zero-order valence-electron chi connectivity index (χ0n) is 16.2.